The molecule has 0 atom stereocenters. The van der Waals surface area contributed by atoms with Crippen molar-refractivity contribution in [3.63, 3.8) is 0 Å². The second-order valence-electron chi connectivity index (χ2n) is 11.2. The Bertz CT molecular complexity index is 1170. The lowest BCUT2D eigenvalue weighted by Gasteiger charge is -2.15. The van der Waals surface area contributed by atoms with Crippen LogP contribution < -0.4 is 5.73 Å². The van der Waals surface area contributed by atoms with Crippen molar-refractivity contribution in [2.45, 2.75) is 64.8 Å². The van der Waals surface area contributed by atoms with Crippen LogP contribution in [0.25, 0.3) is 22.3 Å². The Labute approximate surface area is 213 Å². The summed E-state index contributed by atoms with van der Waals surface area (Å²) in [5.41, 5.74) is 8.48. The van der Waals surface area contributed by atoms with Crippen LogP contribution in [0.2, 0.25) is 51.4 Å². The Balaban J connectivity index is 0.000000201. The molecule has 4 aromatic rings. The average Bonchev–Trinajstić information content (AvgIpc) is 3.37. The molecular formula is C24H38FN7O2Si2. The molecule has 0 spiro atoms. The first-order chi connectivity index (χ1) is 16.9. The standard InChI is InChI=1S/C12H18FN3OSi.C12H20N4OSi/c2*1-18(2,3)7-6-17-9-16-5-4-10-12(16)15-11(13)8-14-10/h4-5,8H,6-7,9H2,1-3H3;4-5,8H,6-7,9H2,1-3H3,(H2,13,15). The molecule has 4 rings (SSSR count). The molecule has 0 saturated carbocycles. The van der Waals surface area contributed by atoms with Crippen molar-refractivity contribution >= 4 is 44.3 Å². The van der Waals surface area contributed by atoms with E-state index in [1.165, 1.54) is 6.04 Å². The number of hydrogen-bond acceptors (Lipinski definition) is 7. The van der Waals surface area contributed by atoms with Gasteiger partial charge in [-0.1, -0.05) is 39.3 Å². The normalized spacial score (nSPS) is 12.2. The Morgan fingerprint density at radius 2 is 1.25 bits per heavy atom. The van der Waals surface area contributed by atoms with E-state index in [0.29, 0.717) is 30.4 Å². The van der Waals surface area contributed by atoms with Gasteiger partial charge in [-0.2, -0.15) is 9.37 Å². The third-order valence-electron chi connectivity index (χ3n) is 5.37. The Kier molecular flexibility index (Phi) is 9.33. The lowest BCUT2D eigenvalue weighted by atomic mass is 10.5. The third-order valence-corrected chi connectivity index (χ3v) is 8.78. The van der Waals surface area contributed by atoms with E-state index in [-0.39, 0.29) is 0 Å². The molecule has 2 N–H and O–H groups in total. The molecule has 0 unspecified atom stereocenters. The molecule has 0 radical (unpaired) electrons. The number of halogens is 1. The first kappa shape index (κ1) is 27.9. The summed E-state index contributed by atoms with van der Waals surface area (Å²) in [7, 11) is -2.09. The van der Waals surface area contributed by atoms with Gasteiger partial charge >= 0.3 is 0 Å². The van der Waals surface area contributed by atoms with Crippen LogP contribution >= 0.6 is 0 Å². The highest BCUT2D eigenvalue weighted by atomic mass is 28.3. The minimum Gasteiger partial charge on any atom is -0.382 e. The summed E-state index contributed by atoms with van der Waals surface area (Å²) >= 11 is 0. The smallest absolute Gasteiger partial charge is 0.233 e. The lowest BCUT2D eigenvalue weighted by Crippen LogP contribution is -2.22. The summed E-state index contributed by atoms with van der Waals surface area (Å²) in [5.74, 6) is -0.130. The monoisotopic (exact) mass is 531 g/mol. The summed E-state index contributed by atoms with van der Waals surface area (Å²) in [6.45, 7) is 16.4. The number of rotatable bonds is 10. The van der Waals surface area contributed by atoms with Gasteiger partial charge in [-0.05, 0) is 24.2 Å². The van der Waals surface area contributed by atoms with Crippen molar-refractivity contribution in [3.8, 4) is 0 Å². The largest absolute Gasteiger partial charge is 0.382 e. The highest BCUT2D eigenvalue weighted by Gasteiger charge is 2.13. The second kappa shape index (κ2) is 12.0. The highest BCUT2D eigenvalue weighted by molar-refractivity contribution is 6.76. The quantitative estimate of drug-likeness (QED) is 0.221. The van der Waals surface area contributed by atoms with Crippen LogP contribution in [0.5, 0.6) is 0 Å². The van der Waals surface area contributed by atoms with Crippen LogP contribution in [-0.4, -0.2) is 58.4 Å². The molecular weight excluding hydrogens is 493 g/mol. The van der Waals surface area contributed by atoms with E-state index < -0.39 is 22.1 Å². The molecule has 4 aromatic heterocycles. The number of nitrogens with zero attached hydrogens (tertiary/aromatic N) is 6. The van der Waals surface area contributed by atoms with Gasteiger partial charge in [0.2, 0.25) is 5.95 Å². The zero-order valence-electron chi connectivity index (χ0n) is 22.2. The van der Waals surface area contributed by atoms with Crippen molar-refractivity contribution in [3.05, 3.63) is 42.9 Å². The van der Waals surface area contributed by atoms with Gasteiger partial charge in [0.25, 0.3) is 0 Å². The highest BCUT2D eigenvalue weighted by Crippen LogP contribution is 2.14. The maximum atomic E-state index is 13.0. The summed E-state index contributed by atoms with van der Waals surface area (Å²) < 4.78 is 28.0. The number of nitrogens with two attached hydrogens (primary N) is 1. The fourth-order valence-electron chi connectivity index (χ4n) is 3.18. The van der Waals surface area contributed by atoms with Crippen LogP contribution in [0.3, 0.4) is 0 Å². The minimum absolute atomic E-state index is 0.395. The van der Waals surface area contributed by atoms with Gasteiger partial charge in [-0.25, -0.2) is 15.0 Å². The summed E-state index contributed by atoms with van der Waals surface area (Å²) in [6.07, 6.45) is 6.44. The van der Waals surface area contributed by atoms with E-state index in [1.54, 1.807) is 10.8 Å². The molecule has 0 amide bonds. The second-order valence-corrected chi connectivity index (χ2v) is 22.4. The van der Waals surface area contributed by atoms with E-state index in [9.17, 15) is 4.39 Å². The zero-order chi connectivity index (χ0) is 26.3. The third kappa shape index (κ3) is 8.77. The van der Waals surface area contributed by atoms with Gasteiger partial charge < -0.3 is 24.3 Å². The van der Waals surface area contributed by atoms with E-state index >= 15 is 0 Å². The maximum absolute atomic E-state index is 13.0. The molecule has 12 heteroatoms. The van der Waals surface area contributed by atoms with E-state index in [1.807, 2.05) is 29.1 Å². The fourth-order valence-corrected chi connectivity index (χ4v) is 4.69. The van der Waals surface area contributed by atoms with Crippen LogP contribution in [-0.2, 0) is 22.9 Å². The number of fused-ring (bicyclic) bond motifs is 2. The van der Waals surface area contributed by atoms with Crippen molar-refractivity contribution < 1.29 is 13.9 Å². The average molecular weight is 532 g/mol. The van der Waals surface area contributed by atoms with E-state index in [0.717, 1.165) is 36.6 Å². The number of nitrogen functional groups attached to an aromatic ring is 1. The Morgan fingerprint density at radius 3 is 1.75 bits per heavy atom. The molecule has 0 aliphatic carbocycles. The summed E-state index contributed by atoms with van der Waals surface area (Å²) in [5, 5.41) is 0. The molecule has 0 aliphatic rings. The fraction of sp³-hybridized carbons (Fsp3) is 0.500. The minimum atomic E-state index is -1.06. The SMILES string of the molecule is C[Si](C)(C)CCOCn1ccc2ncc(F)nc21.C[Si](C)(C)CCOCn1ccc2ncc(N)nc21. The zero-order valence-corrected chi connectivity index (χ0v) is 24.2. The van der Waals surface area contributed by atoms with Crippen molar-refractivity contribution in [2.75, 3.05) is 18.9 Å². The Morgan fingerprint density at radius 1 is 0.778 bits per heavy atom. The van der Waals surface area contributed by atoms with Gasteiger partial charge in [0.15, 0.2) is 11.3 Å². The van der Waals surface area contributed by atoms with Crippen molar-refractivity contribution in [1.82, 2.24) is 29.1 Å². The number of aromatic nitrogens is 6. The van der Waals surface area contributed by atoms with E-state index in [2.05, 4.69) is 59.2 Å². The molecule has 9 nitrogen and oxygen atoms in total. The van der Waals surface area contributed by atoms with Crippen molar-refractivity contribution in [2.24, 2.45) is 0 Å². The number of anilines is 1. The molecule has 0 aromatic carbocycles. The van der Waals surface area contributed by atoms with Crippen LogP contribution in [0.4, 0.5) is 10.2 Å². The predicted octanol–water partition coefficient (Wildman–Crippen LogP) is 5.21. The van der Waals surface area contributed by atoms with Crippen LogP contribution in [0, 0.1) is 5.95 Å². The lowest BCUT2D eigenvalue weighted by molar-refractivity contribution is 0.0897. The maximum Gasteiger partial charge on any atom is 0.233 e. The molecule has 0 fully saturated rings. The molecule has 0 saturated heterocycles. The molecule has 196 valence electrons. The van der Waals surface area contributed by atoms with Crippen LogP contribution in [0.1, 0.15) is 0 Å². The van der Waals surface area contributed by atoms with Gasteiger partial charge in [-0.3, -0.25) is 0 Å². The summed E-state index contributed by atoms with van der Waals surface area (Å²) in [6, 6.07) is 6.01. The first-order valence-electron chi connectivity index (χ1n) is 12.1. The molecule has 0 bridgehead atoms. The molecule has 36 heavy (non-hydrogen) atoms. The Hall–Kier alpha value is -2.68. The van der Waals surface area contributed by atoms with Gasteiger partial charge in [0.05, 0.1) is 12.4 Å². The van der Waals surface area contributed by atoms with Gasteiger partial charge in [-0.15, -0.1) is 0 Å². The topological polar surface area (TPSA) is 106 Å². The number of hydrogen-bond donors (Lipinski definition) is 1. The van der Waals surface area contributed by atoms with Crippen LogP contribution in [0.15, 0.2) is 36.9 Å². The number of ether oxygens (including phenoxy) is 2. The van der Waals surface area contributed by atoms with Gasteiger partial charge in [0, 0.05) is 41.8 Å². The first-order valence-corrected chi connectivity index (χ1v) is 19.5. The van der Waals surface area contributed by atoms with Crippen molar-refractivity contribution in [1.29, 1.82) is 0 Å². The molecule has 4 heterocycles. The summed E-state index contributed by atoms with van der Waals surface area (Å²) in [4.78, 5) is 16.3. The van der Waals surface area contributed by atoms with Gasteiger partial charge in [0.1, 0.15) is 30.3 Å². The predicted molar refractivity (Wildman–Crippen MR) is 148 cm³/mol. The molecule has 0 aliphatic heterocycles. The van der Waals surface area contributed by atoms with E-state index in [4.69, 9.17) is 15.2 Å².